The minimum Gasteiger partial charge on any atom is -0.486 e. The van der Waals surface area contributed by atoms with E-state index in [-0.39, 0.29) is 11.1 Å². The Morgan fingerprint density at radius 1 is 1.07 bits per heavy atom. The molecule has 1 rings (SSSR count). The number of ether oxygens (including phenoxy) is 1. The number of para-hydroxylation sites is 1. The van der Waals surface area contributed by atoms with Crippen molar-refractivity contribution in [2.24, 2.45) is 0 Å². The molecule has 0 fully saturated rings. The fourth-order valence-electron chi connectivity index (χ4n) is 1.08. The molecule has 0 unspecified atom stereocenters. The van der Waals surface area contributed by atoms with E-state index in [4.69, 9.17) is 12.7 Å². The smallest absolute Gasteiger partial charge is 0.178 e. The van der Waals surface area contributed by atoms with Gasteiger partial charge in [0.2, 0.25) is 0 Å². The van der Waals surface area contributed by atoms with Crippen molar-refractivity contribution in [2.75, 3.05) is 0 Å². The van der Waals surface area contributed by atoms with Crippen molar-refractivity contribution < 1.29 is 4.74 Å². The Kier molecular flexibility index (Phi) is 3.45. The molecule has 3 heteroatoms. The molecule has 0 aromatic heterocycles. The molecule has 0 aliphatic heterocycles. The molecule has 0 amide bonds. The zero-order valence-electron chi connectivity index (χ0n) is 9.87. The third-order valence-electron chi connectivity index (χ3n) is 2.98. The van der Waals surface area contributed by atoms with E-state index in [2.05, 4.69) is 5.23 Å². The maximum absolute atomic E-state index is 5.92. The maximum atomic E-state index is 5.92. The summed E-state index contributed by atoms with van der Waals surface area (Å²) in [6.07, 6.45) is 0. The minimum atomic E-state index is -0.386. The topological polar surface area (TPSA) is 21.3 Å². The minimum absolute atomic E-state index is 0.303. The van der Waals surface area contributed by atoms with E-state index < -0.39 is 0 Å². The van der Waals surface area contributed by atoms with Crippen LogP contribution in [-0.2, 0) is 0 Å². The monoisotopic (exact) mass is 203 g/mol. The van der Waals surface area contributed by atoms with Crippen molar-refractivity contribution in [1.29, 1.82) is 0 Å². The van der Waals surface area contributed by atoms with Crippen LogP contribution in [0.25, 0.3) is 0 Å². The van der Waals surface area contributed by atoms with Crippen molar-refractivity contribution in [3.63, 3.8) is 0 Å². The van der Waals surface area contributed by atoms with Gasteiger partial charge in [-0.05, 0) is 39.8 Å². The maximum Gasteiger partial charge on any atom is 0.178 e. The molecule has 0 saturated carbocycles. The van der Waals surface area contributed by atoms with Gasteiger partial charge in [0.25, 0.3) is 0 Å². The van der Waals surface area contributed by atoms with Gasteiger partial charge in [-0.15, -0.1) is 0 Å². The summed E-state index contributed by atoms with van der Waals surface area (Å²) in [5.41, 5.74) is -0.689. The van der Waals surface area contributed by atoms with Crippen LogP contribution in [0.2, 0.25) is 0 Å². The van der Waals surface area contributed by atoms with E-state index in [1.165, 1.54) is 0 Å². The normalized spacial score (nSPS) is 12.5. The highest BCUT2D eigenvalue weighted by Gasteiger charge is 2.37. The molecule has 0 saturated heterocycles. The van der Waals surface area contributed by atoms with Gasteiger partial charge in [-0.2, -0.15) is 0 Å². The van der Waals surface area contributed by atoms with Crippen LogP contribution in [-0.4, -0.2) is 19.1 Å². The second-order valence-corrected chi connectivity index (χ2v) is 4.69. The van der Waals surface area contributed by atoms with Gasteiger partial charge < -0.3 is 9.96 Å². The summed E-state index contributed by atoms with van der Waals surface area (Å²) in [7, 11) is 5.52. The third-order valence-corrected chi connectivity index (χ3v) is 2.98. The molecular formula is C12H18BNO. The predicted octanol–water partition coefficient (Wildman–Crippen LogP) is 2.30. The SMILES string of the molecule is [B]NC(C)(C)C(C)(C)Oc1ccccc1. The Hall–Kier alpha value is -0.955. The van der Waals surface area contributed by atoms with Crippen molar-refractivity contribution >= 4 is 7.98 Å². The number of hydrogen-bond donors (Lipinski definition) is 1. The Bertz CT molecular complexity index is 309. The van der Waals surface area contributed by atoms with Gasteiger partial charge in [-0.1, -0.05) is 18.2 Å². The molecule has 2 nitrogen and oxygen atoms in total. The lowest BCUT2D eigenvalue weighted by Crippen LogP contribution is -2.58. The molecule has 1 N–H and O–H groups in total. The molecule has 15 heavy (non-hydrogen) atoms. The van der Waals surface area contributed by atoms with Gasteiger partial charge in [0, 0.05) is 5.54 Å². The van der Waals surface area contributed by atoms with E-state index in [0.29, 0.717) is 0 Å². The first-order valence-electron chi connectivity index (χ1n) is 5.11. The summed E-state index contributed by atoms with van der Waals surface area (Å²) >= 11 is 0. The number of rotatable bonds is 4. The average molecular weight is 203 g/mol. The zero-order chi connectivity index (χ0) is 11.5. The summed E-state index contributed by atoms with van der Waals surface area (Å²) in [5.74, 6) is 0.853. The lowest BCUT2D eigenvalue weighted by atomic mass is 9.84. The molecule has 0 aliphatic carbocycles. The van der Waals surface area contributed by atoms with Crippen LogP contribution in [0.5, 0.6) is 5.75 Å². The molecule has 0 aliphatic rings. The standard InChI is InChI=1S/C12H18BNO/c1-11(2,14-13)12(3,4)15-10-8-6-5-7-9-10/h5-9,14H,1-4H3. The summed E-state index contributed by atoms with van der Waals surface area (Å²) in [6, 6.07) is 9.75. The Morgan fingerprint density at radius 2 is 1.60 bits per heavy atom. The van der Waals surface area contributed by atoms with Crippen LogP contribution in [0.15, 0.2) is 30.3 Å². The molecule has 80 valence electrons. The highest BCUT2D eigenvalue weighted by molar-refractivity contribution is 6.04. The third kappa shape index (κ3) is 2.75. The first-order chi connectivity index (χ1) is 6.89. The van der Waals surface area contributed by atoms with Gasteiger partial charge in [-0.3, -0.25) is 0 Å². The van der Waals surface area contributed by atoms with E-state index in [1.807, 2.05) is 58.0 Å². The number of hydrogen-bond acceptors (Lipinski definition) is 2. The highest BCUT2D eigenvalue weighted by Crippen LogP contribution is 2.27. The summed E-state index contributed by atoms with van der Waals surface area (Å²) < 4.78 is 5.92. The van der Waals surface area contributed by atoms with Gasteiger partial charge in [0.05, 0.1) is 0 Å². The molecule has 0 atom stereocenters. The van der Waals surface area contributed by atoms with Crippen molar-refractivity contribution in [3.05, 3.63) is 30.3 Å². The van der Waals surface area contributed by atoms with E-state index >= 15 is 0 Å². The molecule has 2 radical (unpaired) electrons. The first-order valence-corrected chi connectivity index (χ1v) is 5.11. The summed E-state index contributed by atoms with van der Waals surface area (Å²) in [6.45, 7) is 8.05. The van der Waals surface area contributed by atoms with Crippen molar-refractivity contribution in [2.45, 2.75) is 38.8 Å². The second-order valence-electron chi connectivity index (χ2n) is 4.69. The van der Waals surface area contributed by atoms with Crippen molar-refractivity contribution in [1.82, 2.24) is 5.23 Å². The highest BCUT2D eigenvalue weighted by atomic mass is 16.5. The number of nitrogens with one attached hydrogen (secondary N) is 1. The second kappa shape index (κ2) is 4.27. The first kappa shape index (κ1) is 12.1. The van der Waals surface area contributed by atoms with Crippen LogP contribution in [0.4, 0.5) is 0 Å². The van der Waals surface area contributed by atoms with Gasteiger partial charge in [-0.25, -0.2) is 0 Å². The fraction of sp³-hybridized carbons (Fsp3) is 0.500. The van der Waals surface area contributed by atoms with Crippen LogP contribution in [0, 0.1) is 0 Å². The van der Waals surface area contributed by atoms with E-state index in [1.54, 1.807) is 0 Å². The lowest BCUT2D eigenvalue weighted by Gasteiger charge is -2.41. The predicted molar refractivity (Wildman–Crippen MR) is 64.1 cm³/mol. The van der Waals surface area contributed by atoms with E-state index in [9.17, 15) is 0 Å². The van der Waals surface area contributed by atoms with Crippen LogP contribution < -0.4 is 9.96 Å². The van der Waals surface area contributed by atoms with Crippen LogP contribution in [0.1, 0.15) is 27.7 Å². The summed E-state index contributed by atoms with van der Waals surface area (Å²) in [5, 5.41) is 2.78. The molecule has 0 heterocycles. The van der Waals surface area contributed by atoms with Crippen molar-refractivity contribution in [3.8, 4) is 5.75 Å². The molecular weight excluding hydrogens is 185 g/mol. The van der Waals surface area contributed by atoms with Gasteiger partial charge in [0.1, 0.15) is 11.4 Å². The summed E-state index contributed by atoms with van der Waals surface area (Å²) in [4.78, 5) is 0. The van der Waals surface area contributed by atoms with Gasteiger partial charge >= 0.3 is 0 Å². The zero-order valence-corrected chi connectivity index (χ0v) is 9.87. The molecule has 0 spiro atoms. The number of benzene rings is 1. The lowest BCUT2D eigenvalue weighted by molar-refractivity contribution is 0.0321. The molecule has 1 aromatic carbocycles. The quantitative estimate of drug-likeness (QED) is 0.758. The van der Waals surface area contributed by atoms with Crippen LogP contribution >= 0.6 is 0 Å². The molecule has 1 aromatic rings. The average Bonchev–Trinajstić information content (AvgIpc) is 2.18. The largest absolute Gasteiger partial charge is 0.486 e. The fourth-order valence-corrected chi connectivity index (χ4v) is 1.08. The molecule has 0 bridgehead atoms. The Balaban J connectivity index is 2.81. The Morgan fingerprint density at radius 3 is 2.07 bits per heavy atom. The van der Waals surface area contributed by atoms with E-state index in [0.717, 1.165) is 5.75 Å². The Labute approximate surface area is 93.5 Å². The van der Waals surface area contributed by atoms with Gasteiger partial charge in [0.15, 0.2) is 7.98 Å². The van der Waals surface area contributed by atoms with Crippen LogP contribution in [0.3, 0.4) is 0 Å².